The van der Waals surface area contributed by atoms with Crippen molar-refractivity contribution < 1.29 is 28.4 Å². The average Bonchev–Trinajstić information content (AvgIpc) is 3.26. The Morgan fingerprint density at radius 2 is 0.541 bits per heavy atom. The van der Waals surface area contributed by atoms with E-state index >= 15 is 0 Å². The van der Waals surface area contributed by atoms with Crippen LogP contribution in [0, 0.1) is 0 Å². The van der Waals surface area contributed by atoms with E-state index in [0.717, 1.165) is 132 Å². The van der Waals surface area contributed by atoms with Crippen LogP contribution < -0.4 is 34.2 Å². The summed E-state index contributed by atoms with van der Waals surface area (Å²) in [5.74, 6) is 4.43. The van der Waals surface area contributed by atoms with E-state index in [4.69, 9.17) is 34.2 Å². The first kappa shape index (κ1) is 49.9. The summed E-state index contributed by atoms with van der Waals surface area (Å²) in [5.41, 5.74) is 8.01. The van der Waals surface area contributed by atoms with Gasteiger partial charge in [0.2, 0.25) is 0 Å². The summed E-state index contributed by atoms with van der Waals surface area (Å²) in [6.45, 7) is 17.2. The minimum absolute atomic E-state index is 0.588. The molecule has 0 bridgehead atoms. The van der Waals surface area contributed by atoms with Crippen LogP contribution in [0.4, 0.5) is 5.69 Å². The fraction of sp³-hybridized carbons (Fsp3) is 0.667. The molecule has 0 aromatic heterocycles. The molecule has 7 nitrogen and oxygen atoms in total. The fourth-order valence-corrected chi connectivity index (χ4v) is 8.12. The van der Waals surface area contributed by atoms with Crippen LogP contribution >= 0.6 is 0 Å². The predicted molar refractivity (Wildman–Crippen MR) is 261 cm³/mol. The van der Waals surface area contributed by atoms with Crippen LogP contribution in [0.3, 0.4) is 0 Å². The summed E-state index contributed by atoms with van der Waals surface area (Å²) in [5, 5.41) is 6.11. The number of nitrogens with two attached hydrogens (primary N) is 1. The lowest BCUT2D eigenvalue weighted by atomic mass is 9.92. The monoisotopic (exact) mass is 844 g/mol. The minimum atomic E-state index is 0.588. The third-order valence-electron chi connectivity index (χ3n) is 11.8. The number of unbranched alkanes of at least 4 members (excludes halogenated alkanes) is 18. The molecule has 4 aromatic rings. The van der Waals surface area contributed by atoms with Crippen LogP contribution in [-0.2, 0) is 0 Å². The zero-order chi connectivity index (χ0) is 43.5. The molecule has 4 aromatic carbocycles. The summed E-state index contributed by atoms with van der Waals surface area (Å²) in [4.78, 5) is 0. The van der Waals surface area contributed by atoms with Crippen molar-refractivity contribution in [2.24, 2.45) is 0 Å². The van der Waals surface area contributed by atoms with Gasteiger partial charge in [0.05, 0.1) is 45.3 Å². The second-order valence-corrected chi connectivity index (χ2v) is 17.2. The fourth-order valence-electron chi connectivity index (χ4n) is 8.12. The molecule has 0 radical (unpaired) electrons. The second kappa shape index (κ2) is 29.5. The number of benzene rings is 4. The zero-order valence-electron chi connectivity index (χ0n) is 39.6. The molecule has 342 valence electrons. The number of hydrogen-bond donors (Lipinski definition) is 1. The number of nitrogen functional groups attached to an aromatic ring is 1. The van der Waals surface area contributed by atoms with Crippen molar-refractivity contribution in [1.82, 2.24) is 0 Å². The molecule has 2 N–H and O–H groups in total. The summed E-state index contributed by atoms with van der Waals surface area (Å²) >= 11 is 0. The Kier molecular flexibility index (Phi) is 24.2. The predicted octanol–water partition coefficient (Wildman–Crippen LogP) is 16.5. The first-order valence-electron chi connectivity index (χ1n) is 25.1. The van der Waals surface area contributed by atoms with E-state index in [1.807, 2.05) is 0 Å². The zero-order valence-corrected chi connectivity index (χ0v) is 39.6. The van der Waals surface area contributed by atoms with E-state index in [-0.39, 0.29) is 0 Å². The lowest BCUT2D eigenvalue weighted by molar-refractivity contribution is 0.259. The van der Waals surface area contributed by atoms with E-state index in [0.29, 0.717) is 56.8 Å². The van der Waals surface area contributed by atoms with Gasteiger partial charge in [0.1, 0.15) is 0 Å². The molecule has 0 aliphatic rings. The Bertz CT molecular complexity index is 1760. The lowest BCUT2D eigenvalue weighted by Gasteiger charge is -2.22. The van der Waals surface area contributed by atoms with Crippen molar-refractivity contribution in [2.45, 2.75) is 196 Å². The maximum absolute atomic E-state index is 7.41. The van der Waals surface area contributed by atoms with Gasteiger partial charge in [-0.05, 0) is 95.8 Å². The number of ether oxygens (including phenoxy) is 6. The van der Waals surface area contributed by atoms with Gasteiger partial charge in [-0.15, -0.1) is 0 Å². The van der Waals surface area contributed by atoms with E-state index in [2.05, 4.69) is 71.9 Å². The van der Waals surface area contributed by atoms with Crippen molar-refractivity contribution in [1.29, 1.82) is 0 Å². The number of rotatable bonds is 36. The largest absolute Gasteiger partial charge is 0.490 e. The molecule has 7 heteroatoms. The summed E-state index contributed by atoms with van der Waals surface area (Å²) < 4.78 is 39.9. The van der Waals surface area contributed by atoms with Gasteiger partial charge in [0, 0.05) is 5.39 Å². The third-order valence-corrected chi connectivity index (χ3v) is 11.8. The molecule has 0 aliphatic heterocycles. The average molecular weight is 844 g/mol. The van der Waals surface area contributed by atoms with Gasteiger partial charge in [-0.1, -0.05) is 157 Å². The van der Waals surface area contributed by atoms with E-state index < -0.39 is 0 Å². The highest BCUT2D eigenvalue weighted by Gasteiger charge is 2.23. The summed E-state index contributed by atoms with van der Waals surface area (Å²) in [6, 6.07) is 10.9. The smallest absolute Gasteiger partial charge is 0.184 e. The van der Waals surface area contributed by atoms with Gasteiger partial charge in [0.25, 0.3) is 0 Å². The molecule has 0 fully saturated rings. The van der Waals surface area contributed by atoms with Crippen LogP contribution in [0.1, 0.15) is 196 Å². The molecular weight excluding hydrogens is 759 g/mol. The molecule has 0 saturated carbocycles. The first-order valence-corrected chi connectivity index (χ1v) is 25.1. The molecule has 0 unspecified atom stereocenters. The van der Waals surface area contributed by atoms with Crippen LogP contribution in [-0.4, -0.2) is 39.6 Å². The van der Waals surface area contributed by atoms with E-state index in [1.165, 1.54) is 77.0 Å². The molecule has 0 aliphatic carbocycles. The van der Waals surface area contributed by atoms with Gasteiger partial charge in [-0.2, -0.15) is 0 Å². The maximum atomic E-state index is 7.41. The highest BCUT2D eigenvalue weighted by Crippen LogP contribution is 2.50. The van der Waals surface area contributed by atoms with Crippen molar-refractivity contribution in [2.75, 3.05) is 45.4 Å². The second-order valence-electron chi connectivity index (χ2n) is 17.2. The van der Waals surface area contributed by atoms with Crippen LogP contribution in [0.2, 0.25) is 0 Å². The van der Waals surface area contributed by atoms with Gasteiger partial charge in [-0.3, -0.25) is 0 Å². The van der Waals surface area contributed by atoms with Crippen molar-refractivity contribution in [3.05, 3.63) is 30.3 Å². The maximum Gasteiger partial charge on any atom is 0.184 e. The third kappa shape index (κ3) is 15.8. The topological polar surface area (TPSA) is 81.4 Å². The van der Waals surface area contributed by atoms with Crippen LogP contribution in [0.25, 0.3) is 32.3 Å². The van der Waals surface area contributed by atoms with Crippen molar-refractivity contribution >= 4 is 38.0 Å². The van der Waals surface area contributed by atoms with Gasteiger partial charge in [0.15, 0.2) is 34.5 Å². The van der Waals surface area contributed by atoms with Gasteiger partial charge >= 0.3 is 0 Å². The number of anilines is 1. The highest BCUT2D eigenvalue weighted by atomic mass is 16.5. The summed E-state index contributed by atoms with van der Waals surface area (Å²) in [7, 11) is 0. The van der Waals surface area contributed by atoms with E-state index in [1.54, 1.807) is 0 Å². The Balaban J connectivity index is 2.00. The van der Waals surface area contributed by atoms with Gasteiger partial charge < -0.3 is 34.2 Å². The molecule has 61 heavy (non-hydrogen) atoms. The highest BCUT2D eigenvalue weighted by molar-refractivity contribution is 6.29. The molecular formula is C54H85NO6. The molecule has 0 spiro atoms. The molecule has 4 rings (SSSR count). The standard InChI is InChI=1S/C54H85NO6/c1-7-13-19-25-31-56-47-37-42-43-38-49(58-33-27-21-15-9-3)50(59-34-28-22-16-10-4)40-45(43)52-46(44(42)39-48(47)57-32-26-20-14-8-2)41-51(60-35-29-23-17-11-5)54(53(52)55)61-36-30-24-18-12-6/h37-41H,7-36,55H2,1-6H3. The summed E-state index contributed by atoms with van der Waals surface area (Å²) in [6.07, 6.45) is 27.1. The molecule has 0 saturated heterocycles. The molecule has 0 atom stereocenters. The first-order chi connectivity index (χ1) is 30.0. The Morgan fingerprint density at radius 3 is 0.852 bits per heavy atom. The van der Waals surface area contributed by atoms with Crippen molar-refractivity contribution in [3.8, 4) is 34.5 Å². The Morgan fingerprint density at radius 1 is 0.295 bits per heavy atom. The molecule has 0 amide bonds. The van der Waals surface area contributed by atoms with Crippen LogP contribution in [0.5, 0.6) is 34.5 Å². The lowest BCUT2D eigenvalue weighted by Crippen LogP contribution is -2.07. The normalized spacial score (nSPS) is 11.5. The Hall–Kier alpha value is -3.74. The molecule has 0 heterocycles. The van der Waals surface area contributed by atoms with Crippen LogP contribution in [0.15, 0.2) is 30.3 Å². The Labute approximate surface area is 371 Å². The minimum Gasteiger partial charge on any atom is -0.490 e. The SMILES string of the molecule is CCCCCCOc1cc2c3cc(OCCCCCC)c(OCCCCCC)cc3c3c(N)c(OCCCCCC)c(OCCCCCC)cc3c2cc1OCCCCCC. The van der Waals surface area contributed by atoms with Gasteiger partial charge in [-0.25, -0.2) is 0 Å². The van der Waals surface area contributed by atoms with E-state index in [9.17, 15) is 0 Å². The van der Waals surface area contributed by atoms with Crippen molar-refractivity contribution in [3.63, 3.8) is 0 Å². The number of hydrogen-bond acceptors (Lipinski definition) is 7. The quantitative estimate of drug-likeness (QED) is 0.0277. The number of fused-ring (bicyclic) bond motifs is 6.